The molecule has 0 unspecified atom stereocenters. The van der Waals surface area contributed by atoms with Gasteiger partial charge in [0.1, 0.15) is 11.5 Å². The van der Waals surface area contributed by atoms with Gasteiger partial charge in [-0.1, -0.05) is 66.7 Å². The van der Waals surface area contributed by atoms with Crippen molar-refractivity contribution in [3.8, 4) is 22.4 Å². The van der Waals surface area contributed by atoms with Crippen LogP contribution in [-0.2, 0) is 0 Å². The van der Waals surface area contributed by atoms with Crippen LogP contribution in [0.4, 0.5) is 0 Å². The maximum Gasteiger partial charge on any atom is 0.137 e. The third kappa shape index (κ3) is 2.85. The number of benzene rings is 3. The Labute approximate surface area is 174 Å². The Morgan fingerprint density at radius 2 is 1.53 bits per heavy atom. The summed E-state index contributed by atoms with van der Waals surface area (Å²) in [5, 5.41) is 5.83. The summed E-state index contributed by atoms with van der Waals surface area (Å²) in [7, 11) is 0. The molecule has 0 radical (unpaired) electrons. The summed E-state index contributed by atoms with van der Waals surface area (Å²) < 4.78 is 2.11. The molecule has 0 spiro atoms. The first-order chi connectivity index (χ1) is 14.8. The number of nitrogens with zero attached hydrogens (tertiary/aromatic N) is 3. The molecule has 0 amide bonds. The summed E-state index contributed by atoms with van der Waals surface area (Å²) in [5.41, 5.74) is 6.56. The van der Waals surface area contributed by atoms with E-state index in [2.05, 4.69) is 106 Å². The van der Waals surface area contributed by atoms with Crippen LogP contribution in [0.25, 0.3) is 38.8 Å². The topological polar surface area (TPSA) is 41.7 Å². The van der Waals surface area contributed by atoms with Crippen LogP contribution in [0, 0.1) is 0 Å². The van der Waals surface area contributed by atoms with Gasteiger partial charge in [0.15, 0.2) is 0 Å². The lowest BCUT2D eigenvalue weighted by Crippen LogP contribution is -2.19. The minimum Gasteiger partial charge on any atom is -0.368 e. The molecule has 4 nitrogen and oxygen atoms in total. The highest BCUT2D eigenvalue weighted by Gasteiger charge is 2.10. The average molecular weight is 388 g/mol. The van der Waals surface area contributed by atoms with E-state index in [1.54, 1.807) is 0 Å². The van der Waals surface area contributed by atoms with Gasteiger partial charge >= 0.3 is 0 Å². The number of hydrogen-bond acceptors (Lipinski definition) is 3. The molecule has 0 aliphatic carbocycles. The van der Waals surface area contributed by atoms with Gasteiger partial charge in [-0.05, 0) is 34.0 Å². The van der Waals surface area contributed by atoms with Crippen molar-refractivity contribution < 1.29 is 0 Å². The molecule has 3 heterocycles. The van der Waals surface area contributed by atoms with Crippen molar-refractivity contribution in [2.45, 2.75) is 0 Å². The molecule has 5 aromatic rings. The van der Waals surface area contributed by atoms with Gasteiger partial charge in [-0.25, -0.2) is 4.98 Å². The number of pyridine rings is 1. The van der Waals surface area contributed by atoms with Gasteiger partial charge < -0.3 is 9.72 Å². The Hall–Kier alpha value is -3.92. The molecule has 144 valence electrons. The van der Waals surface area contributed by atoms with Gasteiger partial charge in [-0.2, -0.15) is 0 Å². The number of amidine groups is 1. The standard InChI is InChI=1S/C26H20N4/c1-2-6-22-18(4-1)5-3-7-23(22)21-12-13-25-29-24(17-30(25)16-21)19-8-10-20(11-9-19)26-27-14-15-28-26/h1-13,16-17H,14-15H2,(H,27,28). The van der Waals surface area contributed by atoms with Gasteiger partial charge in [0.25, 0.3) is 0 Å². The number of fused-ring (bicyclic) bond motifs is 2. The Kier molecular flexibility index (Phi) is 3.88. The van der Waals surface area contributed by atoms with E-state index in [0.29, 0.717) is 0 Å². The summed E-state index contributed by atoms with van der Waals surface area (Å²) in [5.74, 6) is 0.983. The fourth-order valence-electron chi connectivity index (χ4n) is 4.16. The quantitative estimate of drug-likeness (QED) is 0.463. The van der Waals surface area contributed by atoms with E-state index < -0.39 is 0 Å². The second kappa shape index (κ2) is 6.85. The average Bonchev–Trinajstić information content (AvgIpc) is 3.48. The summed E-state index contributed by atoms with van der Waals surface area (Å²) in [6, 6.07) is 27.7. The second-order valence-electron chi connectivity index (χ2n) is 7.57. The minimum absolute atomic E-state index is 0.850. The highest BCUT2D eigenvalue weighted by Crippen LogP contribution is 2.29. The number of nitrogens with one attached hydrogen (secondary N) is 1. The molecule has 1 aliphatic rings. The first kappa shape index (κ1) is 17.0. The number of aromatic nitrogens is 2. The molecule has 0 saturated heterocycles. The van der Waals surface area contributed by atoms with Crippen molar-refractivity contribution in [1.82, 2.24) is 14.7 Å². The fraction of sp³-hybridized carbons (Fsp3) is 0.0769. The minimum atomic E-state index is 0.850. The zero-order valence-electron chi connectivity index (χ0n) is 16.4. The molecule has 1 aliphatic heterocycles. The van der Waals surface area contributed by atoms with Gasteiger partial charge in [-0.15, -0.1) is 0 Å². The number of hydrogen-bond donors (Lipinski definition) is 1. The van der Waals surface area contributed by atoms with Crippen LogP contribution in [0.5, 0.6) is 0 Å². The lowest BCUT2D eigenvalue weighted by Gasteiger charge is -2.07. The van der Waals surface area contributed by atoms with Gasteiger partial charge in [0, 0.05) is 30.1 Å². The second-order valence-corrected chi connectivity index (χ2v) is 7.57. The van der Waals surface area contributed by atoms with Crippen LogP contribution < -0.4 is 5.32 Å². The smallest absolute Gasteiger partial charge is 0.137 e. The SMILES string of the molecule is c1ccc2c(-c3ccc4nc(-c5ccc(C6=NCCN6)cc5)cn4c3)cccc2c1. The number of rotatable bonds is 3. The Morgan fingerprint density at radius 1 is 0.733 bits per heavy atom. The van der Waals surface area contributed by atoms with E-state index >= 15 is 0 Å². The van der Waals surface area contributed by atoms with E-state index in [-0.39, 0.29) is 0 Å². The Bertz CT molecular complexity index is 1410. The molecule has 2 aromatic heterocycles. The zero-order chi connectivity index (χ0) is 19.9. The van der Waals surface area contributed by atoms with Crippen LogP contribution in [0.3, 0.4) is 0 Å². The van der Waals surface area contributed by atoms with Crippen molar-refractivity contribution in [2.24, 2.45) is 4.99 Å². The molecule has 0 atom stereocenters. The van der Waals surface area contributed by atoms with Crippen molar-refractivity contribution in [1.29, 1.82) is 0 Å². The van der Waals surface area contributed by atoms with Crippen LogP contribution in [0.1, 0.15) is 5.56 Å². The number of aliphatic imine (C=N–C) groups is 1. The summed E-state index contributed by atoms with van der Waals surface area (Å²) in [4.78, 5) is 9.31. The van der Waals surface area contributed by atoms with Crippen molar-refractivity contribution in [3.63, 3.8) is 0 Å². The molecular formula is C26H20N4. The lowest BCUT2D eigenvalue weighted by molar-refractivity contribution is 0.960. The van der Waals surface area contributed by atoms with E-state index in [1.807, 2.05) is 0 Å². The molecule has 0 saturated carbocycles. The molecule has 30 heavy (non-hydrogen) atoms. The predicted molar refractivity (Wildman–Crippen MR) is 123 cm³/mol. The van der Waals surface area contributed by atoms with Crippen LogP contribution >= 0.6 is 0 Å². The Morgan fingerprint density at radius 3 is 2.40 bits per heavy atom. The molecule has 3 aromatic carbocycles. The first-order valence-electron chi connectivity index (χ1n) is 10.2. The van der Waals surface area contributed by atoms with Gasteiger partial charge in [-0.3, -0.25) is 4.99 Å². The monoisotopic (exact) mass is 388 g/mol. The van der Waals surface area contributed by atoms with E-state index in [4.69, 9.17) is 4.98 Å². The van der Waals surface area contributed by atoms with Gasteiger partial charge in [0.05, 0.1) is 12.2 Å². The summed E-state index contributed by atoms with van der Waals surface area (Å²) >= 11 is 0. The van der Waals surface area contributed by atoms with Crippen LogP contribution in [0.15, 0.2) is 96.2 Å². The zero-order valence-corrected chi connectivity index (χ0v) is 16.4. The van der Waals surface area contributed by atoms with E-state index in [9.17, 15) is 0 Å². The largest absolute Gasteiger partial charge is 0.368 e. The summed E-state index contributed by atoms with van der Waals surface area (Å²) in [6.45, 7) is 1.77. The maximum atomic E-state index is 4.82. The van der Waals surface area contributed by atoms with Crippen molar-refractivity contribution in [3.05, 3.63) is 96.8 Å². The molecular weight excluding hydrogens is 368 g/mol. The first-order valence-corrected chi connectivity index (χ1v) is 10.2. The lowest BCUT2D eigenvalue weighted by atomic mass is 10.00. The highest BCUT2D eigenvalue weighted by molar-refractivity contribution is 6.00. The molecule has 0 bridgehead atoms. The fourth-order valence-corrected chi connectivity index (χ4v) is 4.16. The third-order valence-corrected chi connectivity index (χ3v) is 5.68. The van der Waals surface area contributed by atoms with E-state index in [1.165, 1.54) is 21.9 Å². The molecule has 4 heteroatoms. The van der Waals surface area contributed by atoms with Gasteiger partial charge in [0.2, 0.25) is 0 Å². The van der Waals surface area contributed by atoms with Crippen LogP contribution in [-0.4, -0.2) is 28.3 Å². The molecule has 0 fully saturated rings. The van der Waals surface area contributed by atoms with Crippen molar-refractivity contribution in [2.75, 3.05) is 13.1 Å². The summed E-state index contributed by atoms with van der Waals surface area (Å²) in [6.07, 6.45) is 4.27. The molecule has 1 N–H and O–H groups in total. The molecule has 6 rings (SSSR count). The van der Waals surface area contributed by atoms with Crippen molar-refractivity contribution >= 4 is 22.3 Å². The normalized spacial score (nSPS) is 13.5. The predicted octanol–water partition coefficient (Wildman–Crippen LogP) is 5.17. The van der Waals surface area contributed by atoms with E-state index in [0.717, 1.165) is 41.4 Å². The Balaban J connectivity index is 1.39. The van der Waals surface area contributed by atoms with Crippen LogP contribution in [0.2, 0.25) is 0 Å². The third-order valence-electron chi connectivity index (χ3n) is 5.68. The highest BCUT2D eigenvalue weighted by atomic mass is 15.1. The maximum absolute atomic E-state index is 4.82. The number of imidazole rings is 1.